The molecule has 0 atom stereocenters. The molecule has 3 rings (SSSR count). The van der Waals surface area contributed by atoms with Gasteiger partial charge in [-0.2, -0.15) is 0 Å². The first kappa shape index (κ1) is 12.8. The lowest BCUT2D eigenvalue weighted by Gasteiger charge is -2.27. The van der Waals surface area contributed by atoms with Gasteiger partial charge >= 0.3 is 0 Å². The molecule has 1 aliphatic rings. The zero-order valence-corrected chi connectivity index (χ0v) is 12.3. The first-order valence-corrected chi connectivity index (χ1v) is 7.52. The summed E-state index contributed by atoms with van der Waals surface area (Å²) in [7, 11) is 0. The topological polar surface area (TPSA) is 20.5 Å². The lowest BCUT2D eigenvalue weighted by atomic mass is 10.2. The van der Waals surface area contributed by atoms with Gasteiger partial charge < -0.3 is 9.30 Å². The molecule has 2 heterocycles. The van der Waals surface area contributed by atoms with Gasteiger partial charge in [-0.3, -0.25) is 0 Å². The fourth-order valence-corrected chi connectivity index (χ4v) is 2.76. The molecule has 1 fully saturated rings. The van der Waals surface area contributed by atoms with Crippen molar-refractivity contribution < 1.29 is 0 Å². The summed E-state index contributed by atoms with van der Waals surface area (Å²) < 4.78 is 2.10. The van der Waals surface area contributed by atoms with E-state index >= 15 is 0 Å². The predicted molar refractivity (Wildman–Crippen MR) is 80.0 cm³/mol. The number of halogens is 1. The van der Waals surface area contributed by atoms with Gasteiger partial charge in [0.25, 0.3) is 0 Å². The van der Waals surface area contributed by atoms with Crippen LogP contribution in [0.4, 0.5) is 5.82 Å². The Kier molecular flexibility index (Phi) is 3.40. The molecule has 0 spiro atoms. The number of hydrogen-bond donors (Lipinski definition) is 0. The van der Waals surface area contributed by atoms with E-state index in [4.69, 9.17) is 16.6 Å². The molecule has 102 valence electrons. The molecule has 0 radical (unpaired) electrons. The van der Waals surface area contributed by atoms with Gasteiger partial charge in [-0.1, -0.05) is 6.07 Å². The van der Waals surface area contributed by atoms with Gasteiger partial charge in [-0.05, 0) is 44.7 Å². The fourth-order valence-electron chi connectivity index (χ4n) is 2.51. The zero-order valence-electron chi connectivity index (χ0n) is 11.5. The third-order valence-electron chi connectivity index (χ3n) is 3.78. The summed E-state index contributed by atoms with van der Waals surface area (Å²) in [4.78, 5) is 7.20. The van der Waals surface area contributed by atoms with Crippen LogP contribution in [0.25, 0.3) is 5.65 Å². The SMILES string of the molecule is CC(C)N(CC1CC1)c1nc2ccccn2c1CCl. The van der Waals surface area contributed by atoms with Crippen molar-refractivity contribution in [2.75, 3.05) is 11.4 Å². The van der Waals surface area contributed by atoms with E-state index < -0.39 is 0 Å². The monoisotopic (exact) mass is 277 g/mol. The van der Waals surface area contributed by atoms with Gasteiger partial charge in [0.15, 0.2) is 5.82 Å². The molecule has 0 aromatic carbocycles. The summed E-state index contributed by atoms with van der Waals surface area (Å²) in [6, 6.07) is 6.53. The minimum absolute atomic E-state index is 0.451. The number of aromatic nitrogens is 2. The molecular weight excluding hydrogens is 258 g/mol. The van der Waals surface area contributed by atoms with Crippen LogP contribution in [0.2, 0.25) is 0 Å². The van der Waals surface area contributed by atoms with Crippen molar-refractivity contribution >= 4 is 23.1 Å². The van der Waals surface area contributed by atoms with E-state index in [0.29, 0.717) is 11.9 Å². The van der Waals surface area contributed by atoms with E-state index in [1.54, 1.807) is 0 Å². The first-order valence-electron chi connectivity index (χ1n) is 6.99. The van der Waals surface area contributed by atoms with Crippen molar-refractivity contribution in [3.8, 4) is 0 Å². The normalized spacial score (nSPS) is 15.4. The van der Waals surface area contributed by atoms with Crippen molar-refractivity contribution in [1.29, 1.82) is 0 Å². The van der Waals surface area contributed by atoms with Gasteiger partial charge in [-0.25, -0.2) is 4.98 Å². The van der Waals surface area contributed by atoms with Crippen molar-refractivity contribution in [2.24, 2.45) is 5.92 Å². The van der Waals surface area contributed by atoms with Crippen molar-refractivity contribution in [3.05, 3.63) is 30.1 Å². The molecule has 2 aromatic rings. The van der Waals surface area contributed by atoms with Gasteiger partial charge in [0.05, 0.1) is 11.6 Å². The number of anilines is 1. The number of imidazole rings is 1. The second kappa shape index (κ2) is 5.04. The van der Waals surface area contributed by atoms with Gasteiger partial charge in [0.1, 0.15) is 5.65 Å². The fraction of sp³-hybridized carbons (Fsp3) is 0.533. The molecule has 4 heteroatoms. The van der Waals surface area contributed by atoms with Crippen LogP contribution in [-0.2, 0) is 5.88 Å². The van der Waals surface area contributed by atoms with Gasteiger partial charge in [-0.15, -0.1) is 11.6 Å². The summed E-state index contributed by atoms with van der Waals surface area (Å²) in [5.41, 5.74) is 2.08. The van der Waals surface area contributed by atoms with Gasteiger partial charge in [0.2, 0.25) is 0 Å². The highest BCUT2D eigenvalue weighted by Crippen LogP contribution is 2.33. The Morgan fingerprint density at radius 2 is 2.21 bits per heavy atom. The Morgan fingerprint density at radius 1 is 1.42 bits per heavy atom. The quantitative estimate of drug-likeness (QED) is 0.777. The second-order valence-electron chi connectivity index (χ2n) is 5.63. The van der Waals surface area contributed by atoms with E-state index in [0.717, 1.165) is 29.6 Å². The molecule has 0 unspecified atom stereocenters. The third kappa shape index (κ3) is 2.44. The second-order valence-corrected chi connectivity index (χ2v) is 5.90. The van der Waals surface area contributed by atoms with Crippen LogP contribution >= 0.6 is 11.6 Å². The van der Waals surface area contributed by atoms with Crippen molar-refractivity contribution in [2.45, 2.75) is 38.6 Å². The minimum atomic E-state index is 0.451. The predicted octanol–water partition coefficient (Wildman–Crippen LogP) is 3.70. The summed E-state index contributed by atoms with van der Waals surface area (Å²) in [5, 5.41) is 0. The van der Waals surface area contributed by atoms with E-state index in [-0.39, 0.29) is 0 Å². The Labute approximate surface area is 119 Å². The van der Waals surface area contributed by atoms with Crippen molar-refractivity contribution in [1.82, 2.24) is 9.38 Å². The lowest BCUT2D eigenvalue weighted by Crippen LogP contribution is -2.33. The van der Waals surface area contributed by atoms with Crippen LogP contribution in [0.3, 0.4) is 0 Å². The summed E-state index contributed by atoms with van der Waals surface area (Å²) in [6.07, 6.45) is 4.75. The molecule has 3 nitrogen and oxygen atoms in total. The van der Waals surface area contributed by atoms with E-state index in [2.05, 4.69) is 23.1 Å². The molecule has 1 saturated carbocycles. The molecule has 0 bridgehead atoms. The Balaban J connectivity index is 2.05. The number of fused-ring (bicyclic) bond motifs is 1. The highest BCUT2D eigenvalue weighted by molar-refractivity contribution is 6.17. The van der Waals surface area contributed by atoms with Crippen LogP contribution < -0.4 is 4.90 Å². The number of rotatable bonds is 5. The third-order valence-corrected chi connectivity index (χ3v) is 4.03. The molecule has 0 aliphatic heterocycles. The minimum Gasteiger partial charge on any atom is -0.352 e. The number of pyridine rings is 1. The van der Waals surface area contributed by atoms with E-state index in [1.807, 2.05) is 24.4 Å². The largest absolute Gasteiger partial charge is 0.352 e. The Bertz CT molecular complexity index is 572. The summed E-state index contributed by atoms with van der Waals surface area (Å²) >= 11 is 6.17. The molecule has 0 saturated heterocycles. The molecular formula is C15H20ClN3. The maximum absolute atomic E-state index is 6.17. The molecule has 0 amide bonds. The van der Waals surface area contributed by atoms with Crippen LogP contribution in [-0.4, -0.2) is 22.0 Å². The maximum Gasteiger partial charge on any atom is 0.152 e. The molecule has 1 aliphatic carbocycles. The number of nitrogens with zero attached hydrogens (tertiary/aromatic N) is 3. The Morgan fingerprint density at radius 3 is 2.84 bits per heavy atom. The highest BCUT2D eigenvalue weighted by atomic mass is 35.5. The number of hydrogen-bond acceptors (Lipinski definition) is 2. The standard InChI is InChI=1S/C15H20ClN3/c1-11(2)19(10-12-6-7-12)15-13(9-16)18-8-4-3-5-14(18)17-15/h3-5,8,11-12H,6-7,9-10H2,1-2H3. The molecule has 2 aromatic heterocycles. The molecule has 19 heavy (non-hydrogen) atoms. The summed E-state index contributed by atoms with van der Waals surface area (Å²) in [6.45, 7) is 5.56. The summed E-state index contributed by atoms with van der Waals surface area (Å²) in [5.74, 6) is 2.40. The highest BCUT2D eigenvalue weighted by Gasteiger charge is 2.28. The van der Waals surface area contributed by atoms with Gasteiger partial charge in [0, 0.05) is 18.8 Å². The maximum atomic E-state index is 6.17. The Hall–Kier alpha value is -1.22. The van der Waals surface area contributed by atoms with Crippen LogP contribution in [0.5, 0.6) is 0 Å². The smallest absolute Gasteiger partial charge is 0.152 e. The van der Waals surface area contributed by atoms with Crippen LogP contribution in [0, 0.1) is 5.92 Å². The zero-order chi connectivity index (χ0) is 13.4. The molecule has 0 N–H and O–H groups in total. The van der Waals surface area contributed by atoms with Crippen LogP contribution in [0.1, 0.15) is 32.4 Å². The lowest BCUT2D eigenvalue weighted by molar-refractivity contribution is 0.636. The van der Waals surface area contributed by atoms with Crippen molar-refractivity contribution in [3.63, 3.8) is 0 Å². The van der Waals surface area contributed by atoms with E-state index in [1.165, 1.54) is 12.8 Å². The average Bonchev–Trinajstić information content (AvgIpc) is 3.14. The average molecular weight is 278 g/mol. The first-order chi connectivity index (χ1) is 9.20. The number of alkyl halides is 1. The van der Waals surface area contributed by atoms with Crippen LogP contribution in [0.15, 0.2) is 24.4 Å². The van der Waals surface area contributed by atoms with E-state index in [9.17, 15) is 0 Å².